The van der Waals surface area contributed by atoms with Gasteiger partial charge < -0.3 is 29.2 Å². The molecule has 3 aliphatic rings. The third-order valence-corrected chi connectivity index (χ3v) is 13.5. The molecule has 1 saturated heterocycles. The maximum atomic E-state index is 15.1. The summed E-state index contributed by atoms with van der Waals surface area (Å²) in [5, 5.41) is 9.91. The molecule has 3 aliphatic heterocycles. The van der Waals surface area contributed by atoms with Crippen LogP contribution in [0.3, 0.4) is 0 Å². The Morgan fingerprint density at radius 1 is 1.00 bits per heavy atom. The Labute approximate surface area is 319 Å². The Kier molecular flexibility index (Phi) is 11.6. The van der Waals surface area contributed by atoms with Crippen LogP contribution >= 0.6 is 0 Å². The quantitative estimate of drug-likeness (QED) is 0.143. The van der Waals surface area contributed by atoms with Gasteiger partial charge in [0.05, 0.1) is 30.5 Å². The molecule has 1 fully saturated rings. The minimum Gasteiger partial charge on any atom is -0.482 e. The first kappa shape index (κ1) is 39.1. The maximum absolute atomic E-state index is 15.1. The smallest absolute Gasteiger partial charge is 0.269 e. The molecule has 3 heterocycles. The summed E-state index contributed by atoms with van der Waals surface area (Å²) in [7, 11) is -3.09. The van der Waals surface area contributed by atoms with Crippen molar-refractivity contribution < 1.29 is 33.8 Å². The highest BCUT2D eigenvalue weighted by atomic mass is 28.4. The topological polar surface area (TPSA) is 120 Å². The molecule has 54 heavy (non-hydrogen) atoms. The molecule has 11 heteroatoms. The fourth-order valence-electron chi connectivity index (χ4n) is 8.43. The second-order valence-corrected chi connectivity index (χ2v) is 19.5. The average molecular weight is 752 g/mol. The minimum absolute atomic E-state index is 0.0679. The van der Waals surface area contributed by atoms with Gasteiger partial charge in [-0.2, -0.15) is 0 Å². The number of aliphatic hydroxyl groups is 1. The van der Waals surface area contributed by atoms with Gasteiger partial charge in [0, 0.05) is 42.3 Å². The van der Waals surface area contributed by atoms with Gasteiger partial charge in [0.2, 0.25) is 5.91 Å². The van der Waals surface area contributed by atoms with Gasteiger partial charge in [-0.05, 0) is 82.6 Å². The minimum atomic E-state index is -3.09. The summed E-state index contributed by atoms with van der Waals surface area (Å²) < 4.78 is 12.8. The predicted molar refractivity (Wildman–Crippen MR) is 213 cm³/mol. The van der Waals surface area contributed by atoms with Crippen LogP contribution in [0.2, 0.25) is 18.6 Å². The number of rotatable bonds is 13. The first-order chi connectivity index (χ1) is 25.8. The number of anilines is 3. The van der Waals surface area contributed by atoms with Crippen LogP contribution in [0, 0.1) is 5.92 Å². The highest BCUT2D eigenvalue weighted by Crippen LogP contribution is 2.60. The number of allylic oxidation sites excluding steroid dienone is 3. The fraction of sp³-hybridized carbons (Fsp3) is 0.419. The van der Waals surface area contributed by atoms with Crippen molar-refractivity contribution in [3.63, 3.8) is 0 Å². The summed E-state index contributed by atoms with van der Waals surface area (Å²) in [5.74, 6) is -0.652. The summed E-state index contributed by atoms with van der Waals surface area (Å²) in [4.78, 5) is 59.5. The summed E-state index contributed by atoms with van der Waals surface area (Å²) in [5.41, 5.74) is 3.80. The number of hydrogen-bond donors (Lipinski definition) is 2. The molecule has 0 radical (unpaired) electrons. The van der Waals surface area contributed by atoms with Crippen LogP contribution in [-0.2, 0) is 31.3 Å². The van der Waals surface area contributed by atoms with Crippen LogP contribution < -0.4 is 14.5 Å². The van der Waals surface area contributed by atoms with E-state index in [1.54, 1.807) is 14.7 Å². The van der Waals surface area contributed by atoms with Gasteiger partial charge in [-0.25, -0.2) is 0 Å². The predicted octanol–water partition coefficient (Wildman–Crippen LogP) is 6.99. The zero-order chi connectivity index (χ0) is 38.8. The monoisotopic (exact) mass is 751 g/mol. The van der Waals surface area contributed by atoms with E-state index >= 15 is 4.79 Å². The van der Waals surface area contributed by atoms with E-state index in [2.05, 4.69) is 32.9 Å². The number of hydrogen-bond acceptors (Lipinski definition) is 7. The lowest BCUT2D eigenvalue weighted by Crippen LogP contribution is -2.46. The van der Waals surface area contributed by atoms with Crippen molar-refractivity contribution >= 4 is 43.1 Å². The molecular weight excluding hydrogens is 699 g/mol. The lowest BCUT2D eigenvalue weighted by molar-refractivity contribution is -0.149. The standard InChI is InChI=1S/C43H53N3O7Si/c1-29(2)13-12-14-30(3)21-22-45-35-20-19-33(46-36-17-10-11-18-37(36)52-28-40(46)49)25-34(35)43(42(45)50)31(4)41(54(5,6)51)38(53-43)26-39(48)44(23-24-47)27-32-15-8-7-9-16-32/h7-11,13,15-21,25,31,38,41,47,51H,12,14,22-24,26-28H2,1-6H3/b30-21+/t31-,38+,41-,43+/m0/s1. The van der Waals surface area contributed by atoms with Crippen LogP contribution in [0.1, 0.15) is 58.1 Å². The summed E-state index contributed by atoms with van der Waals surface area (Å²) in [6.45, 7) is 12.3. The summed E-state index contributed by atoms with van der Waals surface area (Å²) in [6.07, 6.45) is 5.20. The largest absolute Gasteiger partial charge is 0.482 e. The molecule has 0 aliphatic carbocycles. The Balaban J connectivity index is 1.41. The van der Waals surface area contributed by atoms with Gasteiger partial charge in [0.1, 0.15) is 5.75 Å². The average Bonchev–Trinajstić information content (AvgIpc) is 3.56. The molecule has 4 atom stereocenters. The van der Waals surface area contributed by atoms with E-state index in [0.29, 0.717) is 41.5 Å². The second-order valence-electron chi connectivity index (χ2n) is 15.6. The molecular formula is C43H53N3O7Si. The highest BCUT2D eigenvalue weighted by molar-refractivity contribution is 6.71. The number of benzene rings is 3. The van der Waals surface area contributed by atoms with Crippen molar-refractivity contribution in [3.8, 4) is 5.75 Å². The maximum Gasteiger partial charge on any atom is 0.269 e. The van der Waals surface area contributed by atoms with Crippen LogP contribution in [0.25, 0.3) is 0 Å². The molecule has 1 spiro atoms. The van der Waals surface area contributed by atoms with E-state index in [-0.39, 0.29) is 43.9 Å². The first-order valence-corrected chi connectivity index (χ1v) is 21.9. The van der Waals surface area contributed by atoms with E-state index in [1.165, 1.54) is 5.57 Å². The molecule has 10 nitrogen and oxygen atoms in total. The van der Waals surface area contributed by atoms with Gasteiger partial charge in [0.25, 0.3) is 11.8 Å². The molecule has 0 unspecified atom stereocenters. The fourth-order valence-corrected chi connectivity index (χ4v) is 11.0. The highest BCUT2D eigenvalue weighted by Gasteiger charge is 2.66. The van der Waals surface area contributed by atoms with Crippen LogP contribution in [0.4, 0.5) is 17.1 Å². The number of carbonyl (C=O) groups is 3. The second kappa shape index (κ2) is 16.0. The normalized spacial score (nSPS) is 22.3. The van der Waals surface area contributed by atoms with Crippen molar-refractivity contribution in [2.45, 2.75) is 83.8 Å². The lowest BCUT2D eigenvalue weighted by atomic mass is 9.82. The van der Waals surface area contributed by atoms with E-state index in [9.17, 15) is 19.5 Å². The number of aliphatic hydroxyl groups excluding tert-OH is 1. The Bertz CT molecular complexity index is 1940. The van der Waals surface area contributed by atoms with E-state index in [0.717, 1.165) is 24.0 Å². The molecule has 3 aromatic rings. The van der Waals surface area contributed by atoms with Crippen molar-refractivity contribution in [1.29, 1.82) is 0 Å². The Morgan fingerprint density at radius 2 is 1.72 bits per heavy atom. The third kappa shape index (κ3) is 7.68. The van der Waals surface area contributed by atoms with Gasteiger partial charge in [-0.3, -0.25) is 19.3 Å². The first-order valence-electron chi connectivity index (χ1n) is 18.9. The molecule has 286 valence electrons. The summed E-state index contributed by atoms with van der Waals surface area (Å²) >= 11 is 0. The van der Waals surface area contributed by atoms with E-state index < -0.39 is 31.5 Å². The molecule has 2 N–H and O–H groups in total. The van der Waals surface area contributed by atoms with E-state index in [4.69, 9.17) is 9.47 Å². The zero-order valence-electron chi connectivity index (χ0n) is 32.2. The molecule has 6 rings (SSSR count). The SMILES string of the molecule is CC(C)=CCC/C(C)=C/CN1C(=O)[C@]2(O[C@H](CC(=O)N(CCO)Cc3ccccc3)[C@@H]([Si](C)(C)O)[C@@H]2C)c2cc(N3C(=O)COc4ccccc43)ccc21. The number of nitrogens with zero attached hydrogens (tertiary/aromatic N) is 3. The van der Waals surface area contributed by atoms with Gasteiger partial charge >= 0.3 is 0 Å². The van der Waals surface area contributed by atoms with Gasteiger partial charge in [0.15, 0.2) is 20.5 Å². The molecule has 0 bridgehead atoms. The van der Waals surface area contributed by atoms with Crippen molar-refractivity contribution in [1.82, 2.24) is 4.90 Å². The Hall–Kier alpha value is -4.55. The molecule has 0 saturated carbocycles. The molecule has 3 amide bonds. The number of para-hydroxylation sites is 2. The molecule has 0 aromatic heterocycles. The Morgan fingerprint density at radius 3 is 2.43 bits per heavy atom. The van der Waals surface area contributed by atoms with Crippen molar-refractivity contribution in [2.75, 3.05) is 36.1 Å². The number of carbonyl (C=O) groups excluding carboxylic acids is 3. The van der Waals surface area contributed by atoms with Crippen LogP contribution in [-0.4, -0.2) is 73.2 Å². The van der Waals surface area contributed by atoms with Crippen molar-refractivity contribution in [3.05, 3.63) is 107 Å². The molecule has 3 aromatic carbocycles. The number of amides is 3. The number of ether oxygens (including phenoxy) is 2. The zero-order valence-corrected chi connectivity index (χ0v) is 33.2. The van der Waals surface area contributed by atoms with E-state index in [1.807, 2.05) is 92.8 Å². The van der Waals surface area contributed by atoms with Crippen molar-refractivity contribution in [2.24, 2.45) is 5.92 Å². The third-order valence-electron chi connectivity index (χ3n) is 11.0. The van der Waals surface area contributed by atoms with Gasteiger partial charge in [-0.1, -0.05) is 72.7 Å². The number of fused-ring (bicyclic) bond motifs is 3. The summed E-state index contributed by atoms with van der Waals surface area (Å²) in [6, 6.07) is 22.5. The van der Waals surface area contributed by atoms with Gasteiger partial charge in [-0.15, -0.1) is 0 Å². The lowest BCUT2D eigenvalue weighted by Gasteiger charge is -2.33. The van der Waals surface area contributed by atoms with Crippen LogP contribution in [0.15, 0.2) is 96.1 Å². The van der Waals surface area contributed by atoms with Crippen LogP contribution in [0.5, 0.6) is 5.75 Å².